The molecule has 6 rings (SSSR count). The summed E-state index contributed by atoms with van der Waals surface area (Å²) in [6.07, 6.45) is 4.27. The highest BCUT2D eigenvalue weighted by molar-refractivity contribution is 5.77. The van der Waals surface area contributed by atoms with Gasteiger partial charge < -0.3 is 20.1 Å². The third-order valence-electron chi connectivity index (χ3n) is 7.94. The smallest absolute Gasteiger partial charge is 0.368 e. The highest BCUT2D eigenvalue weighted by Gasteiger charge is 2.43. The van der Waals surface area contributed by atoms with Gasteiger partial charge in [0.2, 0.25) is 5.95 Å². The molecule has 3 saturated heterocycles. The van der Waals surface area contributed by atoms with Gasteiger partial charge in [0.25, 0.3) is 0 Å². The number of rotatable bonds is 7. The molecule has 3 aliphatic heterocycles. The molecular formula is C26H31F2N9O4. The number of piperidine rings is 1. The number of anilines is 3. The fourth-order valence-electron chi connectivity index (χ4n) is 6.06. The number of hydrogen-bond acceptors (Lipinski definition) is 11. The minimum atomic E-state index is -0.963. The first-order valence-corrected chi connectivity index (χ1v) is 13.6. The summed E-state index contributed by atoms with van der Waals surface area (Å²) in [5, 5.41) is 13.5. The lowest BCUT2D eigenvalue weighted by Gasteiger charge is -2.47. The summed E-state index contributed by atoms with van der Waals surface area (Å²) in [6.45, 7) is 5.65. The van der Waals surface area contributed by atoms with Crippen molar-refractivity contribution in [2.45, 2.75) is 69.7 Å². The fraction of sp³-hybridized carbons (Fsp3) is 0.538. The Morgan fingerprint density at radius 3 is 2.71 bits per heavy atom. The molecule has 3 fully saturated rings. The summed E-state index contributed by atoms with van der Waals surface area (Å²) in [7, 11) is 1.40. The van der Waals surface area contributed by atoms with Gasteiger partial charge in [-0.05, 0) is 62.6 Å². The number of benzene rings is 1. The van der Waals surface area contributed by atoms with Gasteiger partial charge in [-0.1, -0.05) is 0 Å². The minimum Gasteiger partial charge on any atom is -0.476 e. The summed E-state index contributed by atoms with van der Waals surface area (Å²) >= 11 is 0. The standard InChI is InChI=1S/C26H31F2N9O4/c1-26(2)12-14(9-15-5-4-7-36(15)26)30-22-17(28)13-29-24(32-22)31-18-11-19(37-25(39)35(3)33-34-37)21(10-16(18)27)41-20-6-8-40-23(20)38/h10-11,13-15,20H,4-9,12H2,1-3H3,(H2,29,30,31,32). The SMILES string of the molecule is Cn1nnn(-c2cc(Nc3ncc(F)c(NC4CC5CCCN5C(C)(C)C4)n3)c(F)cc2OC2CCOC2=O)c1=O. The Bertz CT molecular complexity index is 1540. The van der Waals surface area contributed by atoms with Crippen molar-refractivity contribution in [2.24, 2.45) is 7.05 Å². The van der Waals surface area contributed by atoms with Gasteiger partial charge in [-0.2, -0.15) is 14.3 Å². The second-order valence-electron chi connectivity index (χ2n) is 11.3. The second kappa shape index (κ2) is 10.4. The molecule has 0 amide bonds. The number of hydrogen-bond donors (Lipinski definition) is 2. The predicted octanol–water partition coefficient (Wildman–Crippen LogP) is 2.29. The molecule has 15 heteroatoms. The molecule has 0 saturated carbocycles. The van der Waals surface area contributed by atoms with Crippen LogP contribution < -0.4 is 21.1 Å². The van der Waals surface area contributed by atoms with E-state index in [0.29, 0.717) is 6.04 Å². The molecule has 13 nitrogen and oxygen atoms in total. The number of aromatic nitrogens is 6. The Morgan fingerprint density at radius 2 is 1.98 bits per heavy atom. The van der Waals surface area contributed by atoms with Gasteiger partial charge in [0, 0.05) is 37.2 Å². The lowest BCUT2D eigenvalue weighted by molar-refractivity contribution is -0.143. The Labute approximate surface area is 233 Å². The topological polar surface area (TPSA) is 141 Å². The first-order valence-electron chi connectivity index (χ1n) is 13.6. The molecule has 41 heavy (non-hydrogen) atoms. The molecule has 218 valence electrons. The van der Waals surface area contributed by atoms with E-state index >= 15 is 4.39 Å². The highest BCUT2D eigenvalue weighted by Crippen LogP contribution is 2.39. The van der Waals surface area contributed by atoms with Crippen LogP contribution in [-0.2, 0) is 16.6 Å². The maximum atomic E-state index is 15.3. The number of halogens is 2. The van der Waals surface area contributed by atoms with Gasteiger partial charge in [-0.3, -0.25) is 4.90 Å². The number of tetrazole rings is 1. The van der Waals surface area contributed by atoms with E-state index < -0.39 is 29.4 Å². The summed E-state index contributed by atoms with van der Waals surface area (Å²) < 4.78 is 42.7. The van der Waals surface area contributed by atoms with Crippen molar-refractivity contribution in [3.05, 3.63) is 40.4 Å². The van der Waals surface area contributed by atoms with E-state index in [1.165, 1.54) is 13.1 Å². The number of cyclic esters (lactones) is 1. The van der Waals surface area contributed by atoms with Gasteiger partial charge in [-0.15, -0.1) is 0 Å². The van der Waals surface area contributed by atoms with E-state index in [9.17, 15) is 14.0 Å². The van der Waals surface area contributed by atoms with Crippen molar-refractivity contribution in [2.75, 3.05) is 23.8 Å². The van der Waals surface area contributed by atoms with E-state index in [0.717, 1.165) is 53.9 Å². The predicted molar refractivity (Wildman–Crippen MR) is 142 cm³/mol. The van der Waals surface area contributed by atoms with Gasteiger partial charge in [0.1, 0.15) is 11.4 Å². The maximum absolute atomic E-state index is 15.3. The van der Waals surface area contributed by atoms with E-state index in [1.807, 2.05) is 0 Å². The van der Waals surface area contributed by atoms with Crippen molar-refractivity contribution in [3.8, 4) is 11.4 Å². The Morgan fingerprint density at radius 1 is 1.15 bits per heavy atom. The zero-order valence-electron chi connectivity index (χ0n) is 22.9. The monoisotopic (exact) mass is 571 g/mol. The number of carbonyl (C=O) groups excluding carboxylic acids is 1. The van der Waals surface area contributed by atoms with Crippen LogP contribution in [0.3, 0.4) is 0 Å². The molecule has 0 bridgehead atoms. The number of esters is 1. The van der Waals surface area contributed by atoms with Gasteiger partial charge in [0.05, 0.1) is 18.5 Å². The molecule has 0 spiro atoms. The average molecular weight is 572 g/mol. The van der Waals surface area contributed by atoms with Crippen LogP contribution in [0.5, 0.6) is 5.75 Å². The zero-order valence-corrected chi connectivity index (χ0v) is 22.9. The second-order valence-corrected chi connectivity index (χ2v) is 11.3. The number of nitrogens with zero attached hydrogens (tertiary/aromatic N) is 7. The highest BCUT2D eigenvalue weighted by atomic mass is 19.1. The van der Waals surface area contributed by atoms with Gasteiger partial charge in [-0.25, -0.2) is 23.4 Å². The van der Waals surface area contributed by atoms with Crippen LogP contribution in [0.15, 0.2) is 23.1 Å². The minimum absolute atomic E-state index is 0.00665. The summed E-state index contributed by atoms with van der Waals surface area (Å²) in [5.41, 5.74) is -0.754. The van der Waals surface area contributed by atoms with E-state index in [1.54, 1.807) is 0 Å². The third-order valence-corrected chi connectivity index (χ3v) is 7.94. The molecule has 3 aliphatic rings. The van der Waals surface area contributed by atoms with Crippen LogP contribution in [0.2, 0.25) is 0 Å². The first kappa shape index (κ1) is 27.1. The van der Waals surface area contributed by atoms with Crippen LogP contribution >= 0.6 is 0 Å². The summed E-state index contributed by atoms with van der Waals surface area (Å²) in [6, 6.07) is 2.72. The molecule has 3 atom stereocenters. The number of fused-ring (bicyclic) bond motifs is 1. The van der Waals surface area contributed by atoms with Crippen LogP contribution in [0.1, 0.15) is 46.0 Å². The van der Waals surface area contributed by atoms with Crippen molar-refractivity contribution in [1.82, 2.24) is 34.7 Å². The molecular weight excluding hydrogens is 540 g/mol. The number of ether oxygens (including phenoxy) is 2. The molecule has 3 unspecified atom stereocenters. The van der Waals surface area contributed by atoms with Crippen molar-refractivity contribution >= 4 is 23.4 Å². The number of aryl methyl sites for hydroxylation is 1. The van der Waals surface area contributed by atoms with Crippen molar-refractivity contribution in [1.29, 1.82) is 0 Å². The van der Waals surface area contributed by atoms with E-state index in [-0.39, 0.29) is 53.5 Å². The molecule has 1 aromatic carbocycles. The molecule has 0 aliphatic carbocycles. The Kier molecular flexibility index (Phi) is 6.83. The summed E-state index contributed by atoms with van der Waals surface area (Å²) in [5.74, 6) is -2.16. The van der Waals surface area contributed by atoms with Crippen molar-refractivity contribution < 1.29 is 23.0 Å². The van der Waals surface area contributed by atoms with E-state index in [4.69, 9.17) is 9.47 Å². The van der Waals surface area contributed by atoms with Crippen LogP contribution in [-0.4, -0.2) is 77.5 Å². The summed E-state index contributed by atoms with van der Waals surface area (Å²) in [4.78, 5) is 35.4. The molecule has 2 N–H and O–H groups in total. The van der Waals surface area contributed by atoms with Crippen LogP contribution in [0.25, 0.3) is 5.69 Å². The van der Waals surface area contributed by atoms with Crippen LogP contribution in [0.4, 0.5) is 26.2 Å². The molecule has 0 radical (unpaired) electrons. The number of nitrogens with one attached hydrogen (secondary N) is 2. The van der Waals surface area contributed by atoms with Gasteiger partial charge in [0.15, 0.2) is 23.6 Å². The average Bonchev–Trinajstić information content (AvgIpc) is 3.64. The molecule has 3 aromatic rings. The normalized spacial score (nSPS) is 23.7. The van der Waals surface area contributed by atoms with Gasteiger partial charge >= 0.3 is 11.7 Å². The van der Waals surface area contributed by atoms with E-state index in [2.05, 4.69) is 49.8 Å². The quantitative estimate of drug-likeness (QED) is 0.404. The zero-order chi connectivity index (χ0) is 28.9. The Hall–Kier alpha value is -4.14. The molecule has 5 heterocycles. The lowest BCUT2D eigenvalue weighted by Crippen LogP contribution is -2.55. The largest absolute Gasteiger partial charge is 0.476 e. The molecule has 2 aromatic heterocycles. The number of carbonyl (C=O) groups is 1. The van der Waals surface area contributed by atoms with Crippen LogP contribution in [0, 0.1) is 11.6 Å². The Balaban J connectivity index is 1.28. The first-order chi connectivity index (χ1) is 19.6. The fourth-order valence-corrected chi connectivity index (χ4v) is 6.06. The maximum Gasteiger partial charge on any atom is 0.368 e. The lowest BCUT2D eigenvalue weighted by atomic mass is 9.84. The third kappa shape index (κ3) is 5.21. The van der Waals surface area contributed by atoms with Crippen molar-refractivity contribution in [3.63, 3.8) is 0 Å².